The molecule has 10 nitrogen and oxygen atoms in total. The summed E-state index contributed by atoms with van der Waals surface area (Å²) in [6, 6.07) is 4.22. The maximum Gasteiger partial charge on any atom is 0.257 e. The van der Waals surface area contributed by atoms with Crippen molar-refractivity contribution < 1.29 is 9.59 Å². The normalized spacial score (nSPS) is 21.6. The van der Waals surface area contributed by atoms with Gasteiger partial charge in [0.05, 0.1) is 33.5 Å². The standard InChI is InChI=1S/C32H46N8O2S2/c41-29(23-35-13-5-1-6-14-35)39(37-17-9-3-10-18-37)31-33-25-21-26-28(22-27(25)43-31)44-32(34-26)40(38-19-11-4-12-20-38)30(42)24-36-15-7-2-8-16-36/h21-22H,1-20,23-24H2. The summed E-state index contributed by atoms with van der Waals surface area (Å²) in [5.41, 5.74) is 1.73. The van der Waals surface area contributed by atoms with Gasteiger partial charge in [0.2, 0.25) is 10.3 Å². The molecule has 0 saturated carbocycles. The maximum absolute atomic E-state index is 13.8. The minimum Gasteiger partial charge on any atom is -0.294 e. The van der Waals surface area contributed by atoms with Crippen molar-refractivity contribution >= 4 is 65.2 Å². The van der Waals surface area contributed by atoms with Crippen molar-refractivity contribution in [3.63, 3.8) is 0 Å². The molecule has 0 unspecified atom stereocenters. The average Bonchev–Trinajstić information content (AvgIpc) is 3.64. The predicted octanol–water partition coefficient (Wildman–Crippen LogP) is 5.35. The van der Waals surface area contributed by atoms with E-state index >= 15 is 0 Å². The van der Waals surface area contributed by atoms with Gasteiger partial charge in [0.25, 0.3) is 11.8 Å². The molecule has 4 aliphatic heterocycles. The fourth-order valence-corrected chi connectivity index (χ4v) is 9.32. The van der Waals surface area contributed by atoms with Crippen LogP contribution in [0, 0.1) is 0 Å². The fraction of sp³-hybridized carbons (Fsp3) is 0.688. The molecule has 4 saturated heterocycles. The summed E-state index contributed by atoms with van der Waals surface area (Å²) in [6.45, 7) is 8.45. The Kier molecular flexibility index (Phi) is 9.72. The molecule has 2 aromatic heterocycles. The first-order valence-electron chi connectivity index (χ1n) is 16.9. The lowest BCUT2D eigenvalue weighted by atomic mass is 10.1. The van der Waals surface area contributed by atoms with Crippen LogP contribution in [-0.2, 0) is 9.59 Å². The van der Waals surface area contributed by atoms with Crippen LogP contribution in [0.5, 0.6) is 0 Å². The lowest BCUT2D eigenvalue weighted by molar-refractivity contribution is -0.124. The van der Waals surface area contributed by atoms with E-state index in [4.69, 9.17) is 9.97 Å². The molecule has 0 N–H and O–H groups in total. The smallest absolute Gasteiger partial charge is 0.257 e. The third-order valence-corrected chi connectivity index (χ3v) is 11.5. The summed E-state index contributed by atoms with van der Waals surface area (Å²) >= 11 is 3.19. The Morgan fingerprint density at radius 3 is 1.30 bits per heavy atom. The second-order valence-electron chi connectivity index (χ2n) is 12.9. The van der Waals surface area contributed by atoms with Gasteiger partial charge < -0.3 is 0 Å². The molecule has 238 valence electrons. The number of likely N-dealkylation sites (tertiary alicyclic amines) is 2. The highest BCUT2D eigenvalue weighted by molar-refractivity contribution is 7.24. The second-order valence-corrected chi connectivity index (χ2v) is 14.9. The number of thiazole rings is 2. The number of anilines is 2. The van der Waals surface area contributed by atoms with Crippen molar-refractivity contribution in [3.05, 3.63) is 12.1 Å². The number of hydrogen-bond acceptors (Lipinski definition) is 10. The average molecular weight is 639 g/mol. The maximum atomic E-state index is 13.8. The molecule has 0 spiro atoms. The van der Waals surface area contributed by atoms with Gasteiger partial charge in [-0.15, -0.1) is 0 Å². The van der Waals surface area contributed by atoms with Crippen molar-refractivity contribution in [2.24, 2.45) is 0 Å². The van der Waals surface area contributed by atoms with E-state index in [0.29, 0.717) is 13.1 Å². The third kappa shape index (κ3) is 6.80. The molecule has 7 rings (SSSR count). The molecule has 0 radical (unpaired) electrons. The van der Waals surface area contributed by atoms with E-state index in [0.717, 1.165) is 109 Å². The van der Waals surface area contributed by atoms with Gasteiger partial charge in [0, 0.05) is 26.2 Å². The van der Waals surface area contributed by atoms with Crippen molar-refractivity contribution in [2.75, 3.05) is 75.5 Å². The molecule has 44 heavy (non-hydrogen) atoms. The van der Waals surface area contributed by atoms with Crippen LogP contribution >= 0.6 is 22.7 Å². The van der Waals surface area contributed by atoms with Gasteiger partial charge in [-0.3, -0.25) is 19.4 Å². The van der Waals surface area contributed by atoms with Crippen molar-refractivity contribution in [1.29, 1.82) is 0 Å². The number of aromatic nitrogens is 2. The van der Waals surface area contributed by atoms with Gasteiger partial charge in [-0.1, -0.05) is 48.4 Å². The fourth-order valence-electron chi connectivity index (χ4n) is 7.18. The van der Waals surface area contributed by atoms with Gasteiger partial charge in [-0.05, 0) is 89.7 Å². The van der Waals surface area contributed by atoms with Gasteiger partial charge in [-0.25, -0.2) is 30.0 Å². The number of rotatable bonds is 8. The van der Waals surface area contributed by atoms with Crippen LogP contribution in [0.15, 0.2) is 12.1 Å². The van der Waals surface area contributed by atoms with Crippen molar-refractivity contribution in [3.8, 4) is 0 Å². The molecule has 4 fully saturated rings. The van der Waals surface area contributed by atoms with Crippen molar-refractivity contribution in [1.82, 2.24) is 29.8 Å². The number of piperidine rings is 4. The minimum atomic E-state index is 0.125. The van der Waals surface area contributed by atoms with E-state index in [1.165, 1.54) is 51.4 Å². The molecule has 4 aliphatic rings. The number of carbonyl (C=O) groups excluding carboxylic acids is 2. The Morgan fingerprint density at radius 1 is 0.545 bits per heavy atom. The predicted molar refractivity (Wildman–Crippen MR) is 179 cm³/mol. The van der Waals surface area contributed by atoms with E-state index in [9.17, 15) is 9.59 Å². The Balaban J connectivity index is 1.17. The highest BCUT2D eigenvalue weighted by Crippen LogP contribution is 2.38. The Bertz CT molecular complexity index is 1280. The lowest BCUT2D eigenvalue weighted by Gasteiger charge is -2.37. The molecule has 2 amide bonds. The number of benzene rings is 1. The van der Waals surface area contributed by atoms with Gasteiger partial charge in [0.15, 0.2) is 0 Å². The quantitative estimate of drug-likeness (QED) is 0.327. The minimum absolute atomic E-state index is 0.125. The number of hydrogen-bond donors (Lipinski definition) is 0. The van der Waals surface area contributed by atoms with Crippen molar-refractivity contribution in [2.45, 2.75) is 77.0 Å². The van der Waals surface area contributed by atoms with E-state index in [1.807, 2.05) is 10.0 Å². The highest BCUT2D eigenvalue weighted by atomic mass is 32.1. The summed E-state index contributed by atoms with van der Waals surface area (Å²) < 4.78 is 2.11. The third-order valence-electron chi connectivity index (χ3n) is 9.56. The van der Waals surface area contributed by atoms with Crippen LogP contribution in [0.3, 0.4) is 0 Å². The Hall–Kier alpha value is -2.22. The summed E-state index contributed by atoms with van der Waals surface area (Å²) in [7, 11) is 0. The second kappa shape index (κ2) is 14.0. The highest BCUT2D eigenvalue weighted by Gasteiger charge is 2.31. The van der Waals surface area contributed by atoms with Gasteiger partial charge in [0.1, 0.15) is 0 Å². The zero-order valence-electron chi connectivity index (χ0n) is 25.9. The van der Waals surface area contributed by atoms with Crippen LogP contribution < -0.4 is 10.0 Å². The van der Waals surface area contributed by atoms with Gasteiger partial charge in [-0.2, -0.15) is 0 Å². The number of carbonyl (C=O) groups is 2. The zero-order valence-corrected chi connectivity index (χ0v) is 27.6. The summed E-state index contributed by atoms with van der Waals surface area (Å²) in [5, 5.41) is 9.74. The molecular weight excluding hydrogens is 593 g/mol. The molecule has 0 atom stereocenters. The lowest BCUT2D eigenvalue weighted by Crippen LogP contribution is -2.52. The summed E-state index contributed by atoms with van der Waals surface area (Å²) in [5.74, 6) is 0.249. The van der Waals surface area contributed by atoms with E-state index in [1.54, 1.807) is 22.7 Å². The molecule has 3 aromatic rings. The van der Waals surface area contributed by atoms with E-state index < -0.39 is 0 Å². The molecule has 0 bridgehead atoms. The largest absolute Gasteiger partial charge is 0.294 e. The van der Waals surface area contributed by atoms with E-state index in [-0.39, 0.29) is 11.8 Å². The van der Waals surface area contributed by atoms with Crippen LogP contribution in [0.2, 0.25) is 0 Å². The summed E-state index contributed by atoms with van der Waals surface area (Å²) in [4.78, 5) is 42.3. The first-order chi connectivity index (χ1) is 21.6. The number of nitrogens with zero attached hydrogens (tertiary/aromatic N) is 8. The van der Waals surface area contributed by atoms with Crippen LogP contribution in [0.4, 0.5) is 10.3 Å². The molecule has 0 aliphatic carbocycles. The topological polar surface area (TPSA) is 79.4 Å². The molecule has 12 heteroatoms. The van der Waals surface area contributed by atoms with Gasteiger partial charge >= 0.3 is 0 Å². The number of amides is 2. The van der Waals surface area contributed by atoms with E-state index in [2.05, 4.69) is 32.0 Å². The van der Waals surface area contributed by atoms with Crippen LogP contribution in [-0.4, -0.2) is 107 Å². The molecule has 6 heterocycles. The Labute approximate surface area is 268 Å². The monoisotopic (exact) mass is 638 g/mol. The zero-order chi connectivity index (χ0) is 29.9. The molecule has 1 aromatic carbocycles. The number of hydrazine groups is 2. The number of fused-ring (bicyclic) bond motifs is 2. The van der Waals surface area contributed by atoms with Crippen LogP contribution in [0.25, 0.3) is 20.4 Å². The van der Waals surface area contributed by atoms with Crippen LogP contribution in [0.1, 0.15) is 77.0 Å². The SMILES string of the molecule is O=C(CN1CCCCC1)N(c1nc2cc3nc(N(C(=O)CN4CCCCC4)N4CCCCC4)sc3cc2s1)N1CCCCC1. The Morgan fingerprint density at radius 2 is 0.909 bits per heavy atom. The molecular formula is C32H46N8O2S2. The summed E-state index contributed by atoms with van der Waals surface area (Å²) in [6.07, 6.45) is 14.0. The first-order valence-corrected chi connectivity index (χ1v) is 18.6. The first kappa shape index (κ1) is 30.4.